The lowest BCUT2D eigenvalue weighted by atomic mass is 9.89. The zero-order valence-corrected chi connectivity index (χ0v) is 8.45. The summed E-state index contributed by atoms with van der Waals surface area (Å²) in [6.45, 7) is 4.65. The summed E-state index contributed by atoms with van der Waals surface area (Å²) in [7, 11) is 2.14. The maximum Gasteiger partial charge on any atom is 0.0589 e. The number of likely N-dealkylation sites (N-methyl/N-ethyl adjacent to an activating group) is 1. The minimum absolute atomic E-state index is 0.296. The molecule has 0 spiro atoms. The normalized spacial score (nSPS) is 21.5. The Kier molecular flexibility index (Phi) is 3.53. The number of hydrogen-bond acceptors (Lipinski definition) is 2. The molecule has 1 aliphatic carbocycles. The minimum atomic E-state index is 0.296. The van der Waals surface area contributed by atoms with Crippen molar-refractivity contribution in [3.63, 3.8) is 0 Å². The zero-order valence-electron chi connectivity index (χ0n) is 8.45. The first-order chi connectivity index (χ1) is 5.66. The van der Waals surface area contributed by atoms with Crippen molar-refractivity contribution in [1.29, 1.82) is 0 Å². The largest absolute Gasteiger partial charge is 0.395 e. The van der Waals surface area contributed by atoms with E-state index in [1.165, 1.54) is 19.3 Å². The Morgan fingerprint density at radius 2 is 2.00 bits per heavy atom. The monoisotopic (exact) mass is 171 g/mol. The van der Waals surface area contributed by atoms with Crippen molar-refractivity contribution in [2.45, 2.75) is 45.2 Å². The van der Waals surface area contributed by atoms with Gasteiger partial charge < -0.3 is 5.11 Å². The fourth-order valence-corrected chi connectivity index (χ4v) is 1.87. The molecule has 12 heavy (non-hydrogen) atoms. The number of aliphatic hydroxyl groups excluding tert-OH is 1. The summed E-state index contributed by atoms with van der Waals surface area (Å²) in [6, 6.07) is 1.10. The molecule has 2 nitrogen and oxygen atoms in total. The molecule has 0 aromatic carbocycles. The van der Waals surface area contributed by atoms with Gasteiger partial charge in [0, 0.05) is 12.1 Å². The highest BCUT2D eigenvalue weighted by atomic mass is 16.3. The fourth-order valence-electron chi connectivity index (χ4n) is 1.87. The minimum Gasteiger partial charge on any atom is -0.395 e. The summed E-state index contributed by atoms with van der Waals surface area (Å²) >= 11 is 0. The van der Waals surface area contributed by atoms with Crippen LogP contribution in [0.15, 0.2) is 0 Å². The molecule has 1 rings (SSSR count). The predicted octanol–water partition coefficient (Wildman–Crippen LogP) is 1.49. The van der Waals surface area contributed by atoms with Gasteiger partial charge in [0.05, 0.1) is 6.61 Å². The number of aliphatic hydroxyl groups is 1. The molecule has 1 aliphatic rings. The average Bonchev–Trinajstić information content (AvgIpc) is 1.83. The van der Waals surface area contributed by atoms with Gasteiger partial charge in [-0.2, -0.15) is 0 Å². The Morgan fingerprint density at radius 1 is 1.42 bits per heavy atom. The lowest BCUT2D eigenvalue weighted by Gasteiger charge is -2.41. The van der Waals surface area contributed by atoms with Gasteiger partial charge in [-0.25, -0.2) is 0 Å². The molecular formula is C10H21NO. The summed E-state index contributed by atoms with van der Waals surface area (Å²) in [6.07, 6.45) is 4.00. The maximum atomic E-state index is 9.19. The van der Waals surface area contributed by atoms with Gasteiger partial charge >= 0.3 is 0 Å². The molecule has 0 radical (unpaired) electrons. The zero-order chi connectivity index (χ0) is 9.14. The Bertz CT molecular complexity index is 132. The van der Waals surface area contributed by atoms with E-state index in [-0.39, 0.29) is 0 Å². The lowest BCUT2D eigenvalue weighted by molar-refractivity contribution is 0.0470. The van der Waals surface area contributed by atoms with Gasteiger partial charge in [0.2, 0.25) is 0 Å². The van der Waals surface area contributed by atoms with Crippen molar-refractivity contribution in [1.82, 2.24) is 4.90 Å². The van der Waals surface area contributed by atoms with Gasteiger partial charge in [-0.3, -0.25) is 4.90 Å². The van der Waals surface area contributed by atoms with Crippen LogP contribution >= 0.6 is 0 Å². The number of hydrogen-bond donors (Lipinski definition) is 1. The highest BCUT2D eigenvalue weighted by Gasteiger charge is 2.28. The molecule has 72 valence electrons. The molecule has 1 atom stereocenters. The van der Waals surface area contributed by atoms with Crippen LogP contribution < -0.4 is 0 Å². The van der Waals surface area contributed by atoms with Crippen LogP contribution in [-0.4, -0.2) is 35.7 Å². The molecule has 0 bridgehead atoms. The van der Waals surface area contributed by atoms with E-state index in [0.717, 1.165) is 6.04 Å². The Balaban J connectivity index is 2.40. The van der Waals surface area contributed by atoms with Gasteiger partial charge in [-0.05, 0) is 25.8 Å². The summed E-state index contributed by atoms with van der Waals surface area (Å²) < 4.78 is 0. The van der Waals surface area contributed by atoms with Crippen molar-refractivity contribution in [2.24, 2.45) is 5.92 Å². The third-order valence-electron chi connectivity index (χ3n) is 3.13. The molecule has 0 aromatic heterocycles. The highest BCUT2D eigenvalue weighted by molar-refractivity contribution is 4.83. The van der Waals surface area contributed by atoms with Gasteiger partial charge in [0.1, 0.15) is 0 Å². The van der Waals surface area contributed by atoms with E-state index >= 15 is 0 Å². The van der Waals surface area contributed by atoms with Crippen LogP contribution in [0.4, 0.5) is 0 Å². The fraction of sp³-hybridized carbons (Fsp3) is 1.00. The van der Waals surface area contributed by atoms with Crippen LogP contribution in [0.25, 0.3) is 0 Å². The van der Waals surface area contributed by atoms with E-state index < -0.39 is 0 Å². The molecule has 0 amide bonds. The standard InChI is InChI=1S/C10H21NO/c1-8(2)10(7-12)11(3)9-5-4-6-9/h8-10,12H,4-7H2,1-3H3/t10-/m1/s1. The Morgan fingerprint density at radius 3 is 2.25 bits per heavy atom. The smallest absolute Gasteiger partial charge is 0.0589 e. The van der Waals surface area contributed by atoms with Crippen LogP contribution in [0, 0.1) is 5.92 Å². The van der Waals surface area contributed by atoms with Crippen molar-refractivity contribution in [3.05, 3.63) is 0 Å². The summed E-state index contributed by atoms with van der Waals surface area (Å²) in [5, 5.41) is 9.19. The van der Waals surface area contributed by atoms with E-state index in [2.05, 4.69) is 25.8 Å². The predicted molar refractivity (Wildman–Crippen MR) is 51.1 cm³/mol. The van der Waals surface area contributed by atoms with Crippen LogP contribution in [0.1, 0.15) is 33.1 Å². The molecule has 0 heterocycles. The Hall–Kier alpha value is -0.0800. The van der Waals surface area contributed by atoms with Crippen molar-refractivity contribution < 1.29 is 5.11 Å². The quantitative estimate of drug-likeness (QED) is 0.692. The van der Waals surface area contributed by atoms with Crippen LogP contribution in [0.3, 0.4) is 0 Å². The first-order valence-corrected chi connectivity index (χ1v) is 4.99. The van der Waals surface area contributed by atoms with Crippen LogP contribution in [0.5, 0.6) is 0 Å². The number of rotatable bonds is 4. The van der Waals surface area contributed by atoms with Gasteiger partial charge in [-0.15, -0.1) is 0 Å². The second-order valence-corrected chi connectivity index (χ2v) is 4.24. The van der Waals surface area contributed by atoms with Crippen molar-refractivity contribution >= 4 is 0 Å². The third kappa shape index (κ3) is 1.99. The van der Waals surface area contributed by atoms with Crippen LogP contribution in [0.2, 0.25) is 0 Å². The maximum absolute atomic E-state index is 9.19. The molecule has 0 saturated heterocycles. The second-order valence-electron chi connectivity index (χ2n) is 4.24. The molecule has 2 heteroatoms. The highest BCUT2D eigenvalue weighted by Crippen LogP contribution is 2.26. The summed E-state index contributed by atoms with van der Waals surface area (Å²) in [4.78, 5) is 2.36. The van der Waals surface area contributed by atoms with Gasteiger partial charge in [0.15, 0.2) is 0 Å². The van der Waals surface area contributed by atoms with E-state index in [9.17, 15) is 5.11 Å². The van der Waals surface area contributed by atoms with Crippen molar-refractivity contribution in [2.75, 3.05) is 13.7 Å². The van der Waals surface area contributed by atoms with E-state index in [1.807, 2.05) is 0 Å². The van der Waals surface area contributed by atoms with E-state index in [1.54, 1.807) is 0 Å². The molecule has 1 N–H and O–H groups in total. The average molecular weight is 171 g/mol. The molecular weight excluding hydrogens is 150 g/mol. The molecule has 1 fully saturated rings. The topological polar surface area (TPSA) is 23.5 Å². The summed E-state index contributed by atoms with van der Waals surface area (Å²) in [5.41, 5.74) is 0. The van der Waals surface area contributed by atoms with Crippen LogP contribution in [-0.2, 0) is 0 Å². The first-order valence-electron chi connectivity index (χ1n) is 4.99. The van der Waals surface area contributed by atoms with Gasteiger partial charge in [0.25, 0.3) is 0 Å². The first kappa shape index (κ1) is 10.0. The molecule has 0 aliphatic heterocycles. The number of nitrogens with zero attached hydrogens (tertiary/aromatic N) is 1. The SMILES string of the molecule is CC(C)[C@@H](CO)N(C)C1CCC1. The molecule has 1 saturated carbocycles. The molecule has 0 aromatic rings. The van der Waals surface area contributed by atoms with E-state index in [4.69, 9.17) is 0 Å². The summed E-state index contributed by atoms with van der Waals surface area (Å²) in [5.74, 6) is 0.556. The second kappa shape index (κ2) is 4.24. The van der Waals surface area contributed by atoms with E-state index in [0.29, 0.717) is 18.6 Å². The third-order valence-corrected chi connectivity index (χ3v) is 3.13. The van der Waals surface area contributed by atoms with Crippen molar-refractivity contribution in [3.8, 4) is 0 Å². The Labute approximate surface area is 75.6 Å². The van der Waals surface area contributed by atoms with Gasteiger partial charge in [-0.1, -0.05) is 20.3 Å². The lowest BCUT2D eigenvalue weighted by Crippen LogP contribution is -2.47. The molecule has 0 unspecified atom stereocenters.